The molecule has 1 N–H and O–H groups in total. The number of carbonyl (C=O) groups is 1. The Morgan fingerprint density at radius 1 is 1.17 bits per heavy atom. The van der Waals surface area contributed by atoms with Crippen molar-refractivity contribution in [2.24, 2.45) is 0 Å². The van der Waals surface area contributed by atoms with Gasteiger partial charge >= 0.3 is 6.03 Å². The minimum absolute atomic E-state index is 0.0623. The molecule has 0 spiro atoms. The molecule has 5 heteroatoms. The minimum Gasteiger partial charge on any atom is -0.365 e. The van der Waals surface area contributed by atoms with E-state index in [0.717, 1.165) is 25.3 Å². The number of halogens is 1. The lowest BCUT2D eigenvalue weighted by Crippen LogP contribution is -2.62. The standard InChI is InChI=1S/C18H20ClN3O/c1-2-22(16-6-4-3-5-7-16)17-12-21(13-17)18(23)20-15-10-8-14(19)9-11-15/h3-11,17H,2,12-13H2,1H3,(H,20,23). The van der Waals surface area contributed by atoms with Gasteiger partial charge in [0, 0.05) is 36.0 Å². The summed E-state index contributed by atoms with van der Waals surface area (Å²) in [6, 6.07) is 17.8. The van der Waals surface area contributed by atoms with Crippen molar-refractivity contribution in [1.82, 2.24) is 4.90 Å². The van der Waals surface area contributed by atoms with Crippen LogP contribution in [0, 0.1) is 0 Å². The summed E-state index contributed by atoms with van der Waals surface area (Å²) in [7, 11) is 0. The van der Waals surface area contributed by atoms with Gasteiger partial charge in [-0.25, -0.2) is 4.79 Å². The molecule has 0 atom stereocenters. The van der Waals surface area contributed by atoms with Crippen LogP contribution < -0.4 is 10.2 Å². The van der Waals surface area contributed by atoms with Crippen molar-refractivity contribution in [3.05, 3.63) is 59.6 Å². The van der Waals surface area contributed by atoms with E-state index in [2.05, 4.69) is 29.3 Å². The summed E-state index contributed by atoms with van der Waals surface area (Å²) in [6.45, 7) is 4.55. The molecule has 2 aromatic rings. The van der Waals surface area contributed by atoms with Crippen LogP contribution in [-0.4, -0.2) is 36.6 Å². The van der Waals surface area contributed by atoms with E-state index >= 15 is 0 Å². The van der Waals surface area contributed by atoms with Crippen LogP contribution in [0.2, 0.25) is 5.02 Å². The van der Waals surface area contributed by atoms with E-state index in [4.69, 9.17) is 11.6 Å². The Bertz CT molecular complexity index is 654. The Hall–Kier alpha value is -2.20. The van der Waals surface area contributed by atoms with E-state index in [9.17, 15) is 4.79 Å². The normalized spacial score (nSPS) is 14.3. The molecule has 0 aromatic heterocycles. The molecule has 0 unspecified atom stereocenters. The molecule has 1 aliphatic rings. The van der Waals surface area contributed by atoms with Crippen LogP contribution in [0.5, 0.6) is 0 Å². The lowest BCUT2D eigenvalue weighted by atomic mass is 10.1. The predicted molar refractivity (Wildman–Crippen MR) is 95.3 cm³/mol. The zero-order chi connectivity index (χ0) is 16.2. The van der Waals surface area contributed by atoms with Gasteiger partial charge in [-0.15, -0.1) is 0 Å². The van der Waals surface area contributed by atoms with Gasteiger partial charge in [0.15, 0.2) is 0 Å². The van der Waals surface area contributed by atoms with E-state index in [-0.39, 0.29) is 6.03 Å². The number of nitrogens with zero attached hydrogens (tertiary/aromatic N) is 2. The van der Waals surface area contributed by atoms with Gasteiger partial charge in [0.1, 0.15) is 0 Å². The van der Waals surface area contributed by atoms with Gasteiger partial charge < -0.3 is 15.1 Å². The van der Waals surface area contributed by atoms with Gasteiger partial charge in [-0.2, -0.15) is 0 Å². The van der Waals surface area contributed by atoms with Crippen molar-refractivity contribution in [1.29, 1.82) is 0 Å². The summed E-state index contributed by atoms with van der Waals surface area (Å²) in [6.07, 6.45) is 0. The largest absolute Gasteiger partial charge is 0.365 e. The SMILES string of the molecule is CCN(c1ccccc1)C1CN(C(=O)Nc2ccc(Cl)cc2)C1. The maximum Gasteiger partial charge on any atom is 0.321 e. The summed E-state index contributed by atoms with van der Waals surface area (Å²) in [5, 5.41) is 3.56. The maximum atomic E-state index is 12.2. The maximum absolute atomic E-state index is 12.2. The first kappa shape index (κ1) is 15.7. The molecule has 1 heterocycles. The fourth-order valence-electron chi connectivity index (χ4n) is 2.83. The number of para-hydroxylation sites is 1. The van der Waals surface area contributed by atoms with Gasteiger partial charge in [0.25, 0.3) is 0 Å². The highest BCUT2D eigenvalue weighted by Crippen LogP contribution is 2.23. The van der Waals surface area contributed by atoms with Gasteiger partial charge in [-0.05, 0) is 43.3 Å². The molecule has 3 rings (SSSR count). The number of carbonyl (C=O) groups excluding carboxylic acids is 1. The molecule has 120 valence electrons. The Kier molecular flexibility index (Phi) is 4.72. The first-order chi connectivity index (χ1) is 11.2. The van der Waals surface area contributed by atoms with Crippen LogP contribution in [0.4, 0.5) is 16.2 Å². The van der Waals surface area contributed by atoms with Gasteiger partial charge in [-0.1, -0.05) is 29.8 Å². The quantitative estimate of drug-likeness (QED) is 0.917. The molecule has 1 saturated heterocycles. The van der Waals surface area contributed by atoms with Crippen molar-refractivity contribution >= 4 is 29.0 Å². The summed E-state index contributed by atoms with van der Waals surface area (Å²) >= 11 is 5.85. The highest BCUT2D eigenvalue weighted by molar-refractivity contribution is 6.30. The zero-order valence-electron chi connectivity index (χ0n) is 13.1. The molecule has 0 radical (unpaired) electrons. The molecule has 0 bridgehead atoms. The Balaban J connectivity index is 1.55. The summed E-state index contributed by atoms with van der Waals surface area (Å²) in [4.78, 5) is 16.4. The fourth-order valence-corrected chi connectivity index (χ4v) is 2.95. The lowest BCUT2D eigenvalue weighted by Gasteiger charge is -2.46. The van der Waals surface area contributed by atoms with Crippen LogP contribution >= 0.6 is 11.6 Å². The molecule has 0 saturated carbocycles. The third-order valence-electron chi connectivity index (χ3n) is 4.11. The highest BCUT2D eigenvalue weighted by atomic mass is 35.5. The molecular formula is C18H20ClN3O. The summed E-state index contributed by atoms with van der Waals surface area (Å²) in [5.74, 6) is 0. The number of hydrogen-bond acceptors (Lipinski definition) is 2. The number of benzene rings is 2. The monoisotopic (exact) mass is 329 g/mol. The third kappa shape index (κ3) is 3.59. The molecule has 1 fully saturated rings. The molecule has 2 aromatic carbocycles. The van der Waals surface area contributed by atoms with E-state index in [1.54, 1.807) is 24.3 Å². The van der Waals surface area contributed by atoms with Gasteiger partial charge in [0.05, 0.1) is 6.04 Å². The number of rotatable bonds is 4. The van der Waals surface area contributed by atoms with Crippen molar-refractivity contribution in [3.8, 4) is 0 Å². The van der Waals surface area contributed by atoms with Crippen molar-refractivity contribution in [2.75, 3.05) is 29.9 Å². The lowest BCUT2D eigenvalue weighted by molar-refractivity contribution is 0.161. The van der Waals surface area contributed by atoms with E-state index in [0.29, 0.717) is 11.1 Å². The zero-order valence-corrected chi connectivity index (χ0v) is 13.8. The Morgan fingerprint density at radius 3 is 2.43 bits per heavy atom. The smallest absolute Gasteiger partial charge is 0.321 e. The summed E-state index contributed by atoms with van der Waals surface area (Å²) < 4.78 is 0. The van der Waals surface area contributed by atoms with Crippen LogP contribution in [0.1, 0.15) is 6.92 Å². The second-order valence-corrected chi connectivity index (χ2v) is 6.05. The molecule has 0 aliphatic carbocycles. The molecule has 4 nitrogen and oxygen atoms in total. The molecule has 2 amide bonds. The van der Waals surface area contributed by atoms with Gasteiger partial charge in [-0.3, -0.25) is 0 Å². The third-order valence-corrected chi connectivity index (χ3v) is 4.37. The van der Waals surface area contributed by atoms with Crippen LogP contribution in [-0.2, 0) is 0 Å². The van der Waals surface area contributed by atoms with Crippen molar-refractivity contribution in [3.63, 3.8) is 0 Å². The second kappa shape index (κ2) is 6.92. The van der Waals surface area contributed by atoms with Gasteiger partial charge in [0.2, 0.25) is 0 Å². The number of anilines is 2. The number of hydrogen-bond donors (Lipinski definition) is 1. The second-order valence-electron chi connectivity index (χ2n) is 5.62. The van der Waals surface area contributed by atoms with E-state index in [1.807, 2.05) is 23.1 Å². The Morgan fingerprint density at radius 2 is 1.83 bits per heavy atom. The fraction of sp³-hybridized carbons (Fsp3) is 0.278. The number of nitrogens with one attached hydrogen (secondary N) is 1. The molecule has 1 aliphatic heterocycles. The van der Waals surface area contributed by atoms with E-state index < -0.39 is 0 Å². The summed E-state index contributed by atoms with van der Waals surface area (Å²) in [5.41, 5.74) is 1.97. The number of likely N-dealkylation sites (tertiary alicyclic amines) is 1. The highest BCUT2D eigenvalue weighted by Gasteiger charge is 2.34. The van der Waals surface area contributed by atoms with E-state index in [1.165, 1.54) is 5.69 Å². The van der Waals surface area contributed by atoms with Crippen LogP contribution in [0.15, 0.2) is 54.6 Å². The average molecular weight is 330 g/mol. The number of amides is 2. The first-order valence-corrected chi connectivity index (χ1v) is 8.18. The first-order valence-electron chi connectivity index (χ1n) is 7.80. The average Bonchev–Trinajstić information content (AvgIpc) is 2.53. The minimum atomic E-state index is -0.0623. The molecule has 23 heavy (non-hydrogen) atoms. The van der Waals surface area contributed by atoms with Crippen LogP contribution in [0.25, 0.3) is 0 Å². The molecular weight excluding hydrogens is 310 g/mol. The Labute approximate surface area is 141 Å². The topological polar surface area (TPSA) is 35.6 Å². The number of urea groups is 1. The number of likely N-dealkylation sites (N-methyl/N-ethyl adjacent to an activating group) is 1. The van der Waals surface area contributed by atoms with Crippen molar-refractivity contribution in [2.45, 2.75) is 13.0 Å². The van der Waals surface area contributed by atoms with Crippen LogP contribution in [0.3, 0.4) is 0 Å². The predicted octanol–water partition coefficient (Wildman–Crippen LogP) is 4.08. The van der Waals surface area contributed by atoms with Crippen molar-refractivity contribution < 1.29 is 4.79 Å².